The minimum absolute atomic E-state index is 0. The number of carbonyl (C=O) groups excluding carboxylic acids is 1. The van der Waals surface area contributed by atoms with Crippen LogP contribution in [0, 0.1) is 0 Å². The maximum absolute atomic E-state index is 11.2. The van der Waals surface area contributed by atoms with Gasteiger partial charge in [-0.05, 0) is 16.5 Å². The Morgan fingerprint density at radius 1 is 1.32 bits per heavy atom. The molecule has 0 aliphatic carbocycles. The molecule has 0 spiro atoms. The summed E-state index contributed by atoms with van der Waals surface area (Å²) in [5, 5.41) is 10.6. The van der Waals surface area contributed by atoms with Gasteiger partial charge < -0.3 is 26.8 Å². The molecule has 1 aliphatic rings. The topological polar surface area (TPSA) is 46.5 Å². The Morgan fingerprint density at radius 3 is 2.42 bits per heavy atom. The normalized spacial score (nSPS) is 26.3. The highest BCUT2D eigenvalue weighted by Gasteiger charge is 2.40. The van der Waals surface area contributed by atoms with E-state index in [1.807, 2.05) is 30.3 Å². The first-order valence-corrected chi connectivity index (χ1v) is 7.86. The van der Waals surface area contributed by atoms with E-state index in [-0.39, 0.29) is 33.8 Å². The average molecular weight is 347 g/mol. The van der Waals surface area contributed by atoms with E-state index in [4.69, 9.17) is 4.74 Å². The van der Waals surface area contributed by atoms with Crippen LogP contribution in [0.2, 0.25) is 0 Å². The molecule has 0 aromatic heterocycles. The maximum Gasteiger partial charge on any atom is 0.355 e. The monoisotopic (exact) mass is 346 g/mol. The van der Waals surface area contributed by atoms with Crippen LogP contribution in [0.25, 0.3) is 0 Å². The molecule has 5 heteroatoms. The van der Waals surface area contributed by atoms with Crippen LogP contribution in [0.1, 0.15) is 18.4 Å². The predicted octanol–water partition coefficient (Wildman–Crippen LogP) is -1.54. The zero-order chi connectivity index (χ0) is 13.0. The highest BCUT2D eigenvalue weighted by molar-refractivity contribution is 7.97. The zero-order valence-corrected chi connectivity index (χ0v) is 13.4. The molecule has 1 aromatic carbocycles. The van der Waals surface area contributed by atoms with E-state index < -0.39 is 5.60 Å². The van der Waals surface area contributed by atoms with Crippen molar-refractivity contribution < 1.29 is 31.6 Å². The van der Waals surface area contributed by atoms with E-state index in [1.54, 1.807) is 0 Å². The molecule has 0 amide bonds. The van der Waals surface area contributed by atoms with Gasteiger partial charge in [-0.1, -0.05) is 30.3 Å². The van der Waals surface area contributed by atoms with Gasteiger partial charge in [0.15, 0.2) is 0 Å². The molecule has 1 heterocycles. The number of esters is 1. The van der Waals surface area contributed by atoms with Gasteiger partial charge in [-0.15, -0.1) is 0 Å². The first-order valence-electron chi connectivity index (χ1n) is 6.13. The number of benzene rings is 1. The Morgan fingerprint density at radius 2 is 1.89 bits per heavy atom. The lowest BCUT2D eigenvalue weighted by Crippen LogP contribution is -3.00. The molecule has 0 atom stereocenters. The molecule has 0 radical (unpaired) electrons. The third-order valence-corrected chi connectivity index (χ3v) is 5.68. The zero-order valence-electron chi connectivity index (χ0n) is 11.0. The molecule has 1 aromatic rings. The number of rotatable bonds is 3. The van der Waals surface area contributed by atoms with E-state index in [0.29, 0.717) is 5.75 Å². The number of halogens is 1. The van der Waals surface area contributed by atoms with Crippen molar-refractivity contribution in [1.29, 1.82) is 0 Å². The predicted molar refractivity (Wildman–Crippen MR) is 73.6 cm³/mol. The third-order valence-electron chi connectivity index (χ3n) is 3.47. The van der Waals surface area contributed by atoms with Crippen LogP contribution in [-0.4, -0.2) is 35.4 Å². The molecule has 1 N–H and O–H groups in total. The summed E-state index contributed by atoms with van der Waals surface area (Å²) in [5.74, 6) is 2.17. The minimum Gasteiger partial charge on any atom is -1.00 e. The van der Waals surface area contributed by atoms with Gasteiger partial charge >= 0.3 is 5.97 Å². The van der Waals surface area contributed by atoms with Gasteiger partial charge in [0.2, 0.25) is 5.75 Å². The fraction of sp³-hybridized carbons (Fsp3) is 0.500. The van der Waals surface area contributed by atoms with Gasteiger partial charge in [-0.2, -0.15) is 0 Å². The lowest BCUT2D eigenvalue weighted by molar-refractivity contribution is -0.137. The van der Waals surface area contributed by atoms with Crippen LogP contribution in [0.3, 0.4) is 0 Å². The van der Waals surface area contributed by atoms with E-state index in [0.717, 1.165) is 29.9 Å². The first kappa shape index (κ1) is 16.5. The number of ether oxygens (including phenoxy) is 1. The summed E-state index contributed by atoms with van der Waals surface area (Å²) in [4.78, 5) is 11.2. The number of aliphatic hydroxyl groups is 1. The largest absolute Gasteiger partial charge is 1.00 e. The second-order valence-corrected chi connectivity index (χ2v) is 6.97. The molecule has 3 nitrogen and oxygen atoms in total. The molecule has 1 aliphatic heterocycles. The van der Waals surface area contributed by atoms with Crippen molar-refractivity contribution in [3.8, 4) is 0 Å². The fourth-order valence-corrected chi connectivity index (χ4v) is 4.46. The van der Waals surface area contributed by atoms with Crippen molar-refractivity contribution in [1.82, 2.24) is 0 Å². The number of methoxy groups -OCH3 is 1. The number of hydrogen-bond acceptors (Lipinski definition) is 3. The van der Waals surface area contributed by atoms with E-state index in [9.17, 15) is 9.90 Å². The second kappa shape index (κ2) is 7.31. The first-order chi connectivity index (χ1) is 8.64. The summed E-state index contributed by atoms with van der Waals surface area (Å²) in [5.41, 5.74) is 0.285. The van der Waals surface area contributed by atoms with Crippen LogP contribution in [0.15, 0.2) is 30.3 Å². The summed E-state index contributed by atoms with van der Waals surface area (Å²) in [6.07, 6.45) is 1.47. The van der Waals surface area contributed by atoms with Crippen molar-refractivity contribution in [2.24, 2.45) is 0 Å². The van der Waals surface area contributed by atoms with Crippen LogP contribution in [-0.2, 0) is 26.0 Å². The van der Waals surface area contributed by atoms with Crippen molar-refractivity contribution in [3.05, 3.63) is 35.9 Å². The van der Waals surface area contributed by atoms with E-state index in [2.05, 4.69) is 0 Å². The Hall–Kier alpha value is -0.520. The minimum atomic E-state index is -0.707. The molecule has 0 saturated carbocycles. The Kier molecular flexibility index (Phi) is 6.36. The fourth-order valence-electron chi connectivity index (χ4n) is 2.26. The summed E-state index contributed by atoms with van der Waals surface area (Å²) >= 11 is 0. The Labute approximate surface area is 127 Å². The summed E-state index contributed by atoms with van der Waals surface area (Å²) in [6, 6.07) is 9.82. The average Bonchev–Trinajstić information content (AvgIpc) is 2.42. The highest BCUT2D eigenvalue weighted by atomic mass is 79.9. The number of hydrogen-bond donors (Lipinski definition) is 1. The standard InChI is InChI=1S/C14H19O3S.BrH/c1-17-13(15)11-18-9-7-14(16,8-10-18)12-5-3-2-4-6-12;/h2-6,16H,7-11H2,1H3;1H/q+1;/p-1. The molecule has 1 fully saturated rings. The smallest absolute Gasteiger partial charge is 0.355 e. The van der Waals surface area contributed by atoms with Crippen molar-refractivity contribution in [2.45, 2.75) is 18.4 Å². The lowest BCUT2D eigenvalue weighted by Gasteiger charge is -2.31. The van der Waals surface area contributed by atoms with E-state index >= 15 is 0 Å². The van der Waals surface area contributed by atoms with Gasteiger partial charge in [-0.3, -0.25) is 0 Å². The molecule has 0 bridgehead atoms. The maximum atomic E-state index is 11.2. The SMILES string of the molecule is COC(=O)C[S+]1CCC(O)(c2ccccc2)CC1.[Br-]. The van der Waals surface area contributed by atoms with Gasteiger partial charge in [-0.25, -0.2) is 4.79 Å². The molecule has 2 rings (SSSR count). The van der Waals surface area contributed by atoms with Crippen LogP contribution < -0.4 is 17.0 Å². The van der Waals surface area contributed by atoms with E-state index in [1.165, 1.54) is 7.11 Å². The second-order valence-electron chi connectivity index (χ2n) is 4.64. The molecule has 19 heavy (non-hydrogen) atoms. The van der Waals surface area contributed by atoms with Crippen molar-refractivity contribution >= 4 is 16.9 Å². The van der Waals surface area contributed by atoms with Crippen molar-refractivity contribution in [2.75, 3.05) is 24.4 Å². The summed E-state index contributed by atoms with van der Waals surface area (Å²) in [6.45, 7) is 0. The number of carbonyl (C=O) groups is 1. The Bertz CT molecular complexity index is 402. The quantitative estimate of drug-likeness (QED) is 0.533. The molecule has 106 valence electrons. The Balaban J connectivity index is 0.00000180. The molecular formula is C14H19BrO3S. The summed E-state index contributed by atoms with van der Waals surface area (Å²) < 4.78 is 4.70. The van der Waals surface area contributed by atoms with Gasteiger partial charge in [0, 0.05) is 12.8 Å². The third kappa shape index (κ3) is 4.23. The lowest BCUT2D eigenvalue weighted by atomic mass is 9.88. The molecule has 0 unspecified atom stereocenters. The van der Waals surface area contributed by atoms with Gasteiger partial charge in [0.05, 0.1) is 12.7 Å². The highest BCUT2D eigenvalue weighted by Crippen LogP contribution is 2.34. The van der Waals surface area contributed by atoms with Crippen LogP contribution in [0.4, 0.5) is 0 Å². The molecule has 1 saturated heterocycles. The van der Waals surface area contributed by atoms with Crippen LogP contribution >= 0.6 is 0 Å². The molecular weight excluding hydrogens is 328 g/mol. The van der Waals surface area contributed by atoms with Crippen molar-refractivity contribution in [3.63, 3.8) is 0 Å². The van der Waals surface area contributed by atoms with Crippen LogP contribution in [0.5, 0.6) is 0 Å². The van der Waals surface area contributed by atoms with Gasteiger partial charge in [0.25, 0.3) is 0 Å². The summed E-state index contributed by atoms with van der Waals surface area (Å²) in [7, 11) is 1.50. The van der Waals surface area contributed by atoms with Gasteiger partial charge in [0.1, 0.15) is 11.5 Å².